The van der Waals surface area contributed by atoms with E-state index in [1.807, 2.05) is 6.07 Å². The van der Waals surface area contributed by atoms with Gasteiger partial charge in [-0.3, -0.25) is 0 Å². The van der Waals surface area contributed by atoms with Crippen molar-refractivity contribution >= 4 is 15.9 Å². The molecule has 0 spiro atoms. The number of aliphatic hydroxyl groups excluding tert-OH is 1. The normalized spacial score (nSPS) is 22.6. The van der Waals surface area contributed by atoms with Crippen LogP contribution in [0.2, 0.25) is 0 Å². The van der Waals surface area contributed by atoms with Crippen LogP contribution in [-0.2, 0) is 0 Å². The van der Waals surface area contributed by atoms with Crippen LogP contribution in [0.25, 0.3) is 0 Å². The molecular weight excluding hydrogens is 256 g/mol. The van der Waals surface area contributed by atoms with E-state index < -0.39 is 6.10 Å². The summed E-state index contributed by atoms with van der Waals surface area (Å²) < 4.78 is 6.22. The first-order chi connectivity index (χ1) is 7.13. The van der Waals surface area contributed by atoms with Gasteiger partial charge in [-0.05, 0) is 34.8 Å². The van der Waals surface area contributed by atoms with Crippen molar-refractivity contribution in [2.75, 3.05) is 0 Å². The van der Waals surface area contributed by atoms with Gasteiger partial charge in [0.1, 0.15) is 11.9 Å². The molecule has 0 bridgehead atoms. The van der Waals surface area contributed by atoms with Gasteiger partial charge in [-0.2, -0.15) is 0 Å². The molecule has 2 rings (SSSR count). The van der Waals surface area contributed by atoms with Gasteiger partial charge in [0.15, 0.2) is 0 Å². The van der Waals surface area contributed by atoms with Crippen LogP contribution < -0.4 is 0 Å². The van der Waals surface area contributed by atoms with Gasteiger partial charge in [-0.1, -0.05) is 26.2 Å². The van der Waals surface area contributed by atoms with E-state index in [0.29, 0.717) is 5.76 Å². The second-order valence-electron chi connectivity index (χ2n) is 4.75. The van der Waals surface area contributed by atoms with Gasteiger partial charge in [0.2, 0.25) is 0 Å². The number of halogens is 1. The predicted molar refractivity (Wildman–Crippen MR) is 62.6 cm³/mol. The Hall–Kier alpha value is -0.280. The third-order valence-corrected chi connectivity index (χ3v) is 4.20. The van der Waals surface area contributed by atoms with E-state index in [2.05, 4.69) is 22.9 Å². The van der Waals surface area contributed by atoms with Gasteiger partial charge < -0.3 is 9.52 Å². The molecule has 15 heavy (non-hydrogen) atoms. The predicted octanol–water partition coefficient (Wildman–Crippen LogP) is 4.05. The zero-order chi connectivity index (χ0) is 10.9. The first-order valence-electron chi connectivity index (χ1n) is 5.54. The van der Waals surface area contributed by atoms with Crippen molar-refractivity contribution in [1.29, 1.82) is 0 Å². The maximum absolute atomic E-state index is 10.4. The third kappa shape index (κ3) is 2.13. The van der Waals surface area contributed by atoms with Gasteiger partial charge in [0.05, 0.1) is 10.7 Å². The van der Waals surface area contributed by atoms with Gasteiger partial charge in [0, 0.05) is 5.41 Å². The molecule has 1 fully saturated rings. The highest BCUT2D eigenvalue weighted by molar-refractivity contribution is 9.10. The molecule has 1 aromatic heterocycles. The monoisotopic (exact) mass is 272 g/mol. The number of aliphatic hydroxyl groups is 1. The van der Waals surface area contributed by atoms with E-state index in [9.17, 15) is 5.11 Å². The van der Waals surface area contributed by atoms with Gasteiger partial charge in [-0.25, -0.2) is 0 Å². The molecule has 1 atom stereocenters. The second kappa shape index (κ2) is 4.30. The van der Waals surface area contributed by atoms with E-state index >= 15 is 0 Å². The molecule has 1 heterocycles. The summed E-state index contributed by atoms with van der Waals surface area (Å²) in [6.07, 6.45) is 7.03. The molecule has 1 aliphatic rings. The van der Waals surface area contributed by atoms with Gasteiger partial charge >= 0.3 is 0 Å². The molecule has 1 unspecified atom stereocenters. The molecule has 1 aliphatic carbocycles. The lowest BCUT2D eigenvalue weighted by Crippen LogP contribution is -2.28. The maximum Gasteiger partial charge on any atom is 0.146 e. The van der Waals surface area contributed by atoms with Crippen LogP contribution in [0, 0.1) is 5.41 Å². The summed E-state index contributed by atoms with van der Waals surface area (Å²) in [4.78, 5) is 0. The minimum Gasteiger partial charge on any atom is -0.465 e. The fraction of sp³-hybridized carbons (Fsp3) is 0.667. The van der Waals surface area contributed by atoms with Crippen LogP contribution in [0.15, 0.2) is 21.2 Å². The van der Waals surface area contributed by atoms with Crippen molar-refractivity contribution in [2.24, 2.45) is 5.41 Å². The van der Waals surface area contributed by atoms with Crippen LogP contribution in [0.3, 0.4) is 0 Å². The third-order valence-electron chi connectivity index (χ3n) is 3.55. The van der Waals surface area contributed by atoms with Crippen LogP contribution in [-0.4, -0.2) is 5.11 Å². The Balaban J connectivity index is 2.19. The Kier molecular flexibility index (Phi) is 3.21. The largest absolute Gasteiger partial charge is 0.465 e. The number of hydrogen-bond acceptors (Lipinski definition) is 2. The molecule has 0 aromatic carbocycles. The first-order valence-corrected chi connectivity index (χ1v) is 6.34. The summed E-state index contributed by atoms with van der Waals surface area (Å²) in [6.45, 7) is 2.16. The zero-order valence-corrected chi connectivity index (χ0v) is 10.6. The second-order valence-corrected chi connectivity index (χ2v) is 5.60. The minimum atomic E-state index is -0.484. The summed E-state index contributed by atoms with van der Waals surface area (Å²) in [6, 6.07) is 1.84. The first kappa shape index (κ1) is 11.2. The molecule has 1 aromatic rings. The van der Waals surface area contributed by atoms with Crippen molar-refractivity contribution in [3.05, 3.63) is 22.6 Å². The maximum atomic E-state index is 10.4. The Morgan fingerprint density at radius 2 is 2.07 bits per heavy atom. The summed E-state index contributed by atoms with van der Waals surface area (Å²) >= 11 is 3.40. The van der Waals surface area contributed by atoms with Crippen molar-refractivity contribution in [2.45, 2.75) is 45.1 Å². The molecule has 1 saturated carbocycles. The van der Waals surface area contributed by atoms with E-state index in [0.717, 1.165) is 17.3 Å². The Labute approximate surface area is 98.8 Å². The Morgan fingerprint density at radius 1 is 1.40 bits per heavy atom. The van der Waals surface area contributed by atoms with E-state index in [1.54, 1.807) is 6.26 Å². The average Bonchev–Trinajstić information content (AvgIpc) is 2.64. The van der Waals surface area contributed by atoms with E-state index in [1.165, 1.54) is 19.3 Å². The van der Waals surface area contributed by atoms with E-state index in [-0.39, 0.29) is 5.41 Å². The molecule has 2 nitrogen and oxygen atoms in total. The lowest BCUT2D eigenvalue weighted by Gasteiger charge is -2.37. The molecule has 84 valence electrons. The van der Waals surface area contributed by atoms with Crippen LogP contribution >= 0.6 is 15.9 Å². The molecule has 0 amide bonds. The molecule has 0 saturated heterocycles. The number of hydrogen-bond donors (Lipinski definition) is 1. The highest BCUT2D eigenvalue weighted by Gasteiger charge is 2.37. The molecule has 3 heteroatoms. The average molecular weight is 273 g/mol. The quantitative estimate of drug-likeness (QED) is 0.882. The number of rotatable bonds is 2. The fourth-order valence-corrected chi connectivity index (χ4v) is 2.87. The Morgan fingerprint density at radius 3 is 2.60 bits per heavy atom. The smallest absolute Gasteiger partial charge is 0.146 e. The standard InChI is InChI=1S/C12H17BrO2/c1-12(6-3-2-4-7-12)11(14)10-9(13)5-8-15-10/h5,8,11,14H,2-4,6-7H2,1H3. The summed E-state index contributed by atoms with van der Waals surface area (Å²) in [5.74, 6) is 0.680. The van der Waals surface area contributed by atoms with Crippen LogP contribution in [0.5, 0.6) is 0 Å². The summed E-state index contributed by atoms with van der Waals surface area (Å²) in [5, 5.41) is 10.4. The van der Waals surface area contributed by atoms with Crippen LogP contribution in [0.1, 0.15) is 50.9 Å². The lowest BCUT2D eigenvalue weighted by molar-refractivity contribution is -0.00679. The molecule has 1 N–H and O–H groups in total. The van der Waals surface area contributed by atoms with Crippen LogP contribution in [0.4, 0.5) is 0 Å². The summed E-state index contributed by atoms with van der Waals surface area (Å²) in [7, 11) is 0. The topological polar surface area (TPSA) is 33.4 Å². The van der Waals surface area contributed by atoms with Gasteiger partial charge in [-0.15, -0.1) is 0 Å². The fourth-order valence-electron chi connectivity index (χ4n) is 2.45. The SMILES string of the molecule is CC1(C(O)c2occc2Br)CCCCC1. The Bertz CT molecular complexity index is 326. The molecule has 0 aliphatic heterocycles. The zero-order valence-electron chi connectivity index (χ0n) is 9.00. The van der Waals surface area contributed by atoms with Gasteiger partial charge in [0.25, 0.3) is 0 Å². The van der Waals surface area contributed by atoms with Crippen molar-refractivity contribution < 1.29 is 9.52 Å². The lowest BCUT2D eigenvalue weighted by atomic mass is 9.71. The summed E-state index contributed by atoms with van der Waals surface area (Å²) in [5.41, 5.74) is -0.0153. The highest BCUT2D eigenvalue weighted by Crippen LogP contribution is 2.47. The van der Waals surface area contributed by atoms with E-state index in [4.69, 9.17) is 4.42 Å². The highest BCUT2D eigenvalue weighted by atomic mass is 79.9. The molecular formula is C12H17BrO2. The molecule has 0 radical (unpaired) electrons. The van der Waals surface area contributed by atoms with Crippen molar-refractivity contribution in [3.8, 4) is 0 Å². The van der Waals surface area contributed by atoms with Crippen molar-refractivity contribution in [3.63, 3.8) is 0 Å². The van der Waals surface area contributed by atoms with Crippen molar-refractivity contribution in [1.82, 2.24) is 0 Å². The minimum absolute atomic E-state index is 0.0153. The number of furan rings is 1.